The normalized spacial score (nSPS) is 12.7. The first-order valence-corrected chi connectivity index (χ1v) is 7.15. The molecule has 0 aliphatic carbocycles. The molecule has 0 saturated carbocycles. The summed E-state index contributed by atoms with van der Waals surface area (Å²) in [5.41, 5.74) is -1.00. The minimum atomic E-state index is -4.57. The molecule has 2 aromatic heterocycles. The highest BCUT2D eigenvalue weighted by atomic mass is 35.5. The second-order valence-corrected chi connectivity index (χ2v) is 5.56. The van der Waals surface area contributed by atoms with Crippen LogP contribution < -0.4 is 0 Å². The van der Waals surface area contributed by atoms with Crippen molar-refractivity contribution in [1.82, 2.24) is 15.1 Å². The highest BCUT2D eigenvalue weighted by molar-refractivity contribution is 7.98. The molecule has 0 radical (unpaired) electrons. The van der Waals surface area contributed by atoms with Crippen LogP contribution in [-0.2, 0) is 18.3 Å². The van der Waals surface area contributed by atoms with E-state index in [0.717, 1.165) is 11.8 Å². The Kier molecular flexibility index (Phi) is 5.09. The maximum absolute atomic E-state index is 12.5. The molecule has 2 aromatic rings. The smallest absolute Gasteiger partial charge is 0.338 e. The molecule has 0 N–H and O–H groups in total. The maximum atomic E-state index is 12.5. The number of hydrogen-bond acceptors (Lipinski definition) is 5. The van der Waals surface area contributed by atoms with Gasteiger partial charge < -0.3 is 4.52 Å². The number of hydrogen-bond donors (Lipinski definition) is 0. The van der Waals surface area contributed by atoms with Crippen LogP contribution in [0.2, 0.25) is 5.02 Å². The molecule has 0 saturated heterocycles. The Labute approximate surface area is 134 Å². The number of alkyl halides is 6. The lowest BCUT2D eigenvalue weighted by Crippen LogP contribution is -2.12. The van der Waals surface area contributed by atoms with Gasteiger partial charge in [0.1, 0.15) is 11.4 Å². The van der Waals surface area contributed by atoms with E-state index >= 15 is 0 Å². The van der Waals surface area contributed by atoms with Crippen molar-refractivity contribution in [2.45, 2.75) is 29.6 Å². The van der Waals surface area contributed by atoms with Crippen molar-refractivity contribution in [3.05, 3.63) is 34.6 Å². The molecule has 4 nitrogen and oxygen atoms in total. The lowest BCUT2D eigenvalue weighted by atomic mass is 10.3. The van der Waals surface area contributed by atoms with Crippen LogP contribution in [-0.4, -0.2) is 21.3 Å². The third kappa shape index (κ3) is 5.27. The largest absolute Gasteiger partial charge is 0.417 e. The van der Waals surface area contributed by atoms with Crippen LogP contribution in [0.5, 0.6) is 0 Å². The average Bonchev–Trinajstić information content (AvgIpc) is 2.81. The standard InChI is InChI=1S/C11H6ClF6N3OS/c12-6-1-5(11(16,17)18)3-19-9(6)23-4-8-20-7(21-22-8)2-10(13,14)15/h1,3H,2,4H2. The summed E-state index contributed by atoms with van der Waals surface area (Å²) >= 11 is 6.56. The highest BCUT2D eigenvalue weighted by Gasteiger charge is 2.32. The Balaban J connectivity index is 2.01. The third-order valence-electron chi connectivity index (χ3n) is 2.34. The van der Waals surface area contributed by atoms with Gasteiger partial charge in [-0.15, -0.1) is 0 Å². The summed E-state index contributed by atoms with van der Waals surface area (Å²) < 4.78 is 78.4. The van der Waals surface area contributed by atoms with Crippen LogP contribution in [0.25, 0.3) is 0 Å². The van der Waals surface area contributed by atoms with Crippen LogP contribution in [0.3, 0.4) is 0 Å². The summed E-state index contributed by atoms with van der Waals surface area (Å²) in [5, 5.41) is 2.99. The van der Waals surface area contributed by atoms with Crippen LogP contribution in [0.1, 0.15) is 17.3 Å². The number of halogens is 7. The second-order valence-electron chi connectivity index (χ2n) is 4.19. The third-order valence-corrected chi connectivity index (χ3v) is 3.73. The van der Waals surface area contributed by atoms with E-state index in [1.54, 1.807) is 0 Å². The zero-order valence-electron chi connectivity index (χ0n) is 10.9. The lowest BCUT2D eigenvalue weighted by Gasteiger charge is -2.08. The zero-order chi connectivity index (χ0) is 17.3. The Bertz CT molecular complexity index is 687. The monoisotopic (exact) mass is 377 g/mol. The Morgan fingerprint density at radius 1 is 1.17 bits per heavy atom. The number of thioether (sulfide) groups is 1. The van der Waals surface area contributed by atoms with Crippen LogP contribution >= 0.6 is 23.4 Å². The SMILES string of the molecule is FC(F)(F)Cc1noc(CSc2ncc(C(F)(F)F)cc2Cl)n1. The fourth-order valence-electron chi connectivity index (χ4n) is 1.42. The molecule has 0 atom stereocenters. The fraction of sp³-hybridized carbons (Fsp3) is 0.364. The van der Waals surface area contributed by atoms with Gasteiger partial charge in [0, 0.05) is 6.20 Å². The van der Waals surface area contributed by atoms with E-state index in [2.05, 4.69) is 19.6 Å². The van der Waals surface area contributed by atoms with Gasteiger partial charge in [0.2, 0.25) is 5.89 Å². The topological polar surface area (TPSA) is 51.8 Å². The summed E-state index contributed by atoms with van der Waals surface area (Å²) in [5.74, 6) is -0.727. The summed E-state index contributed by atoms with van der Waals surface area (Å²) in [6, 6.07) is 0.708. The molecule has 12 heteroatoms. The van der Waals surface area contributed by atoms with Crippen molar-refractivity contribution in [1.29, 1.82) is 0 Å². The predicted octanol–water partition coefficient (Wildman–Crippen LogP) is 4.53. The van der Waals surface area contributed by atoms with Crippen molar-refractivity contribution < 1.29 is 30.9 Å². The first kappa shape index (κ1) is 17.9. The summed E-state index contributed by atoms with van der Waals surface area (Å²) in [6.07, 6.45) is -9.76. The Hall–Kier alpha value is -1.49. The molecule has 0 fully saturated rings. The molecule has 2 rings (SSSR count). The van der Waals surface area contributed by atoms with Gasteiger partial charge in [-0.05, 0) is 6.07 Å². The van der Waals surface area contributed by atoms with Crippen LogP contribution in [0.15, 0.2) is 21.8 Å². The molecule has 0 bridgehead atoms. The lowest BCUT2D eigenvalue weighted by molar-refractivity contribution is -0.138. The number of rotatable bonds is 4. The zero-order valence-corrected chi connectivity index (χ0v) is 12.4. The second kappa shape index (κ2) is 6.56. The van der Waals surface area contributed by atoms with E-state index in [1.807, 2.05) is 0 Å². The summed E-state index contributed by atoms with van der Waals surface area (Å²) in [6.45, 7) is 0. The summed E-state index contributed by atoms with van der Waals surface area (Å²) in [7, 11) is 0. The Morgan fingerprint density at radius 3 is 2.43 bits per heavy atom. The van der Waals surface area contributed by atoms with E-state index in [9.17, 15) is 26.3 Å². The minimum absolute atomic E-state index is 0.0650. The van der Waals surface area contributed by atoms with Gasteiger partial charge in [0.15, 0.2) is 5.82 Å². The molecule has 0 amide bonds. The predicted molar refractivity (Wildman–Crippen MR) is 67.9 cm³/mol. The molecular formula is C11H6ClF6N3OS. The van der Waals surface area contributed by atoms with E-state index in [1.165, 1.54) is 0 Å². The van der Waals surface area contributed by atoms with Crippen LogP contribution in [0, 0.1) is 0 Å². The molecule has 0 unspecified atom stereocenters. The molecule has 23 heavy (non-hydrogen) atoms. The highest BCUT2D eigenvalue weighted by Crippen LogP contribution is 2.34. The molecule has 126 valence electrons. The summed E-state index contributed by atoms with van der Waals surface area (Å²) in [4.78, 5) is 7.09. The van der Waals surface area contributed by atoms with Gasteiger partial charge in [-0.25, -0.2) is 4.98 Å². The number of aromatic nitrogens is 3. The fourth-order valence-corrected chi connectivity index (χ4v) is 2.45. The molecule has 0 spiro atoms. The van der Waals surface area contributed by atoms with Crippen molar-refractivity contribution in [3.63, 3.8) is 0 Å². The van der Waals surface area contributed by atoms with E-state index in [4.69, 9.17) is 11.6 Å². The van der Waals surface area contributed by atoms with Crippen molar-refractivity contribution in [3.8, 4) is 0 Å². The molecule has 0 aliphatic heterocycles. The van der Waals surface area contributed by atoms with Gasteiger partial charge in [0.25, 0.3) is 0 Å². The van der Waals surface area contributed by atoms with Gasteiger partial charge in [-0.2, -0.15) is 31.3 Å². The molecule has 0 aliphatic rings. The minimum Gasteiger partial charge on any atom is -0.338 e. The van der Waals surface area contributed by atoms with Crippen molar-refractivity contribution in [2.24, 2.45) is 0 Å². The average molecular weight is 378 g/mol. The van der Waals surface area contributed by atoms with Gasteiger partial charge >= 0.3 is 12.4 Å². The quantitative estimate of drug-likeness (QED) is 0.578. The van der Waals surface area contributed by atoms with Gasteiger partial charge in [0.05, 0.1) is 16.3 Å². The van der Waals surface area contributed by atoms with E-state index in [0.29, 0.717) is 12.3 Å². The van der Waals surface area contributed by atoms with Gasteiger partial charge in [-0.1, -0.05) is 28.5 Å². The number of nitrogens with zero attached hydrogens (tertiary/aromatic N) is 3. The molecule has 0 aromatic carbocycles. The van der Waals surface area contributed by atoms with E-state index < -0.39 is 30.2 Å². The van der Waals surface area contributed by atoms with E-state index in [-0.39, 0.29) is 21.7 Å². The van der Waals surface area contributed by atoms with Crippen molar-refractivity contribution in [2.75, 3.05) is 0 Å². The molecular weight excluding hydrogens is 372 g/mol. The maximum Gasteiger partial charge on any atom is 0.417 e. The van der Waals surface area contributed by atoms with Gasteiger partial charge in [-0.3, -0.25) is 0 Å². The first-order chi connectivity index (χ1) is 10.5. The van der Waals surface area contributed by atoms with Crippen molar-refractivity contribution >= 4 is 23.4 Å². The Morgan fingerprint density at radius 2 is 1.87 bits per heavy atom. The number of pyridine rings is 1. The van der Waals surface area contributed by atoms with Crippen LogP contribution in [0.4, 0.5) is 26.3 Å². The first-order valence-electron chi connectivity index (χ1n) is 5.78. The molecule has 2 heterocycles.